The minimum Gasteiger partial charge on any atom is -0.496 e. The van der Waals surface area contributed by atoms with E-state index in [9.17, 15) is 10.2 Å². The molecular weight excluding hydrogens is 220 g/mol. The summed E-state index contributed by atoms with van der Waals surface area (Å²) in [5.41, 5.74) is 0.912. The quantitative estimate of drug-likeness (QED) is 0.679. The van der Waals surface area contributed by atoms with Crippen molar-refractivity contribution in [1.82, 2.24) is 5.32 Å². The molecule has 1 aromatic rings. The molecule has 3 N–H and O–H groups in total. The van der Waals surface area contributed by atoms with Gasteiger partial charge in [-0.3, -0.25) is 0 Å². The van der Waals surface area contributed by atoms with Gasteiger partial charge in [0.1, 0.15) is 11.9 Å². The fraction of sp³-hybridized carbons (Fsp3) is 0.417. The Morgan fingerprint density at radius 2 is 2.18 bits per heavy atom. The molecule has 0 heterocycles. The Labute approximate surface area is 100 Å². The molecule has 0 bridgehead atoms. The molecule has 1 rings (SSSR count). The molecule has 92 valence electrons. The molecule has 0 radical (unpaired) electrons. The Kier molecular flexibility index (Phi) is 4.91. The maximum atomic E-state index is 9.94. The first-order valence-corrected chi connectivity index (χ1v) is 5.22. The zero-order valence-corrected chi connectivity index (χ0v) is 9.84. The lowest BCUT2D eigenvalue weighted by atomic mass is 10.0. The summed E-state index contributed by atoms with van der Waals surface area (Å²) in [6.45, 7) is 0.268. The SMILES string of the molecule is CNCC(O)C(O)c1ccc(C#N)cc1OC. The minimum absolute atomic E-state index is 0.268. The van der Waals surface area contributed by atoms with Crippen LogP contribution in [0.3, 0.4) is 0 Å². The van der Waals surface area contributed by atoms with Gasteiger partial charge in [0, 0.05) is 12.1 Å². The molecule has 0 saturated carbocycles. The Bertz CT molecular complexity index is 415. The summed E-state index contributed by atoms with van der Waals surface area (Å²) in [6.07, 6.45) is -1.98. The molecule has 0 aliphatic carbocycles. The summed E-state index contributed by atoms with van der Waals surface area (Å²) in [7, 11) is 3.14. The summed E-state index contributed by atoms with van der Waals surface area (Å²) in [4.78, 5) is 0. The van der Waals surface area contributed by atoms with E-state index in [2.05, 4.69) is 5.32 Å². The van der Waals surface area contributed by atoms with Gasteiger partial charge in [-0.25, -0.2) is 0 Å². The van der Waals surface area contributed by atoms with Crippen LogP contribution in [0.5, 0.6) is 5.75 Å². The highest BCUT2D eigenvalue weighted by atomic mass is 16.5. The van der Waals surface area contributed by atoms with E-state index in [0.717, 1.165) is 0 Å². The number of aliphatic hydroxyl groups is 2. The van der Waals surface area contributed by atoms with E-state index in [1.54, 1.807) is 19.2 Å². The van der Waals surface area contributed by atoms with E-state index in [4.69, 9.17) is 10.00 Å². The van der Waals surface area contributed by atoms with E-state index in [1.165, 1.54) is 13.2 Å². The van der Waals surface area contributed by atoms with Crippen molar-refractivity contribution in [2.24, 2.45) is 0 Å². The van der Waals surface area contributed by atoms with Gasteiger partial charge in [0.2, 0.25) is 0 Å². The number of ether oxygens (including phenoxy) is 1. The average molecular weight is 236 g/mol. The molecule has 0 saturated heterocycles. The van der Waals surface area contributed by atoms with Crippen LogP contribution < -0.4 is 10.1 Å². The third-order valence-electron chi connectivity index (χ3n) is 2.46. The second-order valence-corrected chi connectivity index (χ2v) is 3.64. The van der Waals surface area contributed by atoms with E-state index in [1.807, 2.05) is 6.07 Å². The number of rotatable bonds is 5. The lowest BCUT2D eigenvalue weighted by Crippen LogP contribution is -2.29. The molecule has 17 heavy (non-hydrogen) atoms. The topological polar surface area (TPSA) is 85.5 Å². The number of nitrogens with one attached hydrogen (secondary N) is 1. The van der Waals surface area contributed by atoms with E-state index in [0.29, 0.717) is 16.9 Å². The van der Waals surface area contributed by atoms with Crippen molar-refractivity contribution in [3.05, 3.63) is 29.3 Å². The summed E-state index contributed by atoms with van der Waals surface area (Å²) >= 11 is 0. The zero-order chi connectivity index (χ0) is 12.8. The summed E-state index contributed by atoms with van der Waals surface area (Å²) in [5, 5.41) is 31.2. The van der Waals surface area contributed by atoms with Crippen LogP contribution in [0.15, 0.2) is 18.2 Å². The highest BCUT2D eigenvalue weighted by Gasteiger charge is 2.21. The molecule has 2 atom stereocenters. The number of methoxy groups -OCH3 is 1. The predicted octanol–water partition coefficient (Wildman–Crippen LogP) is 0.181. The molecule has 5 nitrogen and oxygen atoms in total. The highest BCUT2D eigenvalue weighted by molar-refractivity contribution is 5.43. The third kappa shape index (κ3) is 3.17. The molecule has 0 aromatic heterocycles. The number of hydrogen-bond acceptors (Lipinski definition) is 5. The largest absolute Gasteiger partial charge is 0.496 e. The van der Waals surface area contributed by atoms with Gasteiger partial charge in [-0.05, 0) is 19.2 Å². The number of nitrogens with zero attached hydrogens (tertiary/aromatic N) is 1. The lowest BCUT2D eigenvalue weighted by Gasteiger charge is -2.20. The second kappa shape index (κ2) is 6.21. The van der Waals surface area contributed by atoms with E-state index < -0.39 is 12.2 Å². The number of hydrogen-bond donors (Lipinski definition) is 3. The Balaban J connectivity index is 3.01. The van der Waals surface area contributed by atoms with Crippen LogP contribution in [0.1, 0.15) is 17.2 Å². The molecule has 0 spiro atoms. The normalized spacial score (nSPS) is 13.8. The van der Waals surface area contributed by atoms with Crippen molar-refractivity contribution in [2.75, 3.05) is 20.7 Å². The van der Waals surface area contributed by atoms with E-state index >= 15 is 0 Å². The third-order valence-corrected chi connectivity index (χ3v) is 2.46. The Morgan fingerprint density at radius 1 is 1.47 bits per heavy atom. The fourth-order valence-corrected chi connectivity index (χ4v) is 1.55. The van der Waals surface area contributed by atoms with Crippen molar-refractivity contribution >= 4 is 0 Å². The molecule has 0 aliphatic rings. The average Bonchev–Trinajstić information content (AvgIpc) is 2.37. The first kappa shape index (κ1) is 13.5. The standard InChI is InChI=1S/C12H16N2O3/c1-14-7-10(15)12(16)9-4-3-8(6-13)5-11(9)17-2/h3-5,10,12,14-16H,7H2,1-2H3. The summed E-state index contributed by atoms with van der Waals surface area (Å²) in [6, 6.07) is 6.68. The van der Waals surface area contributed by atoms with Gasteiger partial charge in [-0.15, -0.1) is 0 Å². The molecule has 1 aromatic carbocycles. The van der Waals surface area contributed by atoms with Crippen LogP contribution in [-0.2, 0) is 0 Å². The van der Waals surface area contributed by atoms with Gasteiger partial charge >= 0.3 is 0 Å². The van der Waals surface area contributed by atoms with Crippen LogP contribution in [0.25, 0.3) is 0 Å². The fourth-order valence-electron chi connectivity index (χ4n) is 1.55. The second-order valence-electron chi connectivity index (χ2n) is 3.64. The molecule has 0 fully saturated rings. The first-order valence-electron chi connectivity index (χ1n) is 5.22. The molecule has 0 aliphatic heterocycles. The summed E-state index contributed by atoms with van der Waals surface area (Å²) < 4.78 is 5.09. The van der Waals surface area contributed by atoms with Gasteiger partial charge in [0.05, 0.1) is 24.8 Å². The van der Waals surface area contributed by atoms with Crippen LogP contribution in [0.2, 0.25) is 0 Å². The predicted molar refractivity (Wildman–Crippen MR) is 62.6 cm³/mol. The van der Waals surface area contributed by atoms with E-state index in [-0.39, 0.29) is 6.54 Å². The van der Waals surface area contributed by atoms with Crippen molar-refractivity contribution in [3.63, 3.8) is 0 Å². The molecule has 2 unspecified atom stereocenters. The van der Waals surface area contributed by atoms with Crippen LogP contribution in [-0.4, -0.2) is 37.0 Å². The van der Waals surface area contributed by atoms with Gasteiger partial charge < -0.3 is 20.3 Å². The number of likely N-dealkylation sites (N-methyl/N-ethyl adjacent to an activating group) is 1. The monoisotopic (exact) mass is 236 g/mol. The Hall–Kier alpha value is -1.61. The molecule has 5 heteroatoms. The molecule has 0 amide bonds. The van der Waals surface area contributed by atoms with Gasteiger partial charge in [0.25, 0.3) is 0 Å². The summed E-state index contributed by atoms with van der Waals surface area (Å²) in [5.74, 6) is 0.395. The van der Waals surface area contributed by atoms with Crippen molar-refractivity contribution < 1.29 is 14.9 Å². The van der Waals surface area contributed by atoms with Crippen LogP contribution >= 0.6 is 0 Å². The highest BCUT2D eigenvalue weighted by Crippen LogP contribution is 2.28. The molecular formula is C12H16N2O3. The first-order chi connectivity index (χ1) is 8.13. The van der Waals surface area contributed by atoms with Crippen molar-refractivity contribution in [2.45, 2.75) is 12.2 Å². The maximum Gasteiger partial charge on any atom is 0.126 e. The van der Waals surface area contributed by atoms with Gasteiger partial charge in [-0.1, -0.05) is 6.07 Å². The maximum absolute atomic E-state index is 9.94. The lowest BCUT2D eigenvalue weighted by molar-refractivity contribution is 0.0189. The Morgan fingerprint density at radius 3 is 2.71 bits per heavy atom. The van der Waals surface area contributed by atoms with Crippen LogP contribution in [0, 0.1) is 11.3 Å². The number of nitriles is 1. The van der Waals surface area contributed by atoms with Crippen LogP contribution in [0.4, 0.5) is 0 Å². The van der Waals surface area contributed by atoms with Crippen molar-refractivity contribution in [3.8, 4) is 11.8 Å². The van der Waals surface area contributed by atoms with Gasteiger partial charge in [-0.2, -0.15) is 5.26 Å². The van der Waals surface area contributed by atoms with Crippen molar-refractivity contribution in [1.29, 1.82) is 5.26 Å². The zero-order valence-electron chi connectivity index (χ0n) is 9.84. The smallest absolute Gasteiger partial charge is 0.126 e. The minimum atomic E-state index is -1.05. The number of benzene rings is 1. The number of aliphatic hydroxyl groups excluding tert-OH is 2. The van der Waals surface area contributed by atoms with Gasteiger partial charge in [0.15, 0.2) is 0 Å².